The van der Waals surface area contributed by atoms with Gasteiger partial charge >= 0.3 is 0 Å². The van der Waals surface area contributed by atoms with E-state index in [0.29, 0.717) is 23.9 Å². The van der Waals surface area contributed by atoms with Gasteiger partial charge < -0.3 is 20.1 Å². The number of anilines is 1. The molecule has 1 aromatic rings. The first-order valence-electron chi connectivity index (χ1n) is 6.42. The van der Waals surface area contributed by atoms with Crippen LogP contribution in [0.3, 0.4) is 0 Å². The van der Waals surface area contributed by atoms with Crippen LogP contribution in [-0.2, 0) is 19.1 Å². The van der Waals surface area contributed by atoms with Crippen LogP contribution in [0.4, 0.5) is 5.69 Å². The SMILES string of the molecule is COCCNC(=O)COCC(=O)Nc1ccc(C)c(Cl)c1. The van der Waals surface area contributed by atoms with Crippen LogP contribution < -0.4 is 10.6 Å². The molecule has 0 spiro atoms. The number of carbonyl (C=O) groups excluding carboxylic acids is 2. The van der Waals surface area contributed by atoms with Gasteiger partial charge in [0, 0.05) is 24.4 Å². The van der Waals surface area contributed by atoms with Gasteiger partial charge in [-0.15, -0.1) is 0 Å². The molecule has 0 saturated carbocycles. The van der Waals surface area contributed by atoms with Crippen molar-refractivity contribution < 1.29 is 19.1 Å². The molecule has 0 unspecified atom stereocenters. The molecular weight excluding hydrogens is 296 g/mol. The van der Waals surface area contributed by atoms with Gasteiger partial charge in [-0.1, -0.05) is 17.7 Å². The quantitative estimate of drug-likeness (QED) is 0.710. The topological polar surface area (TPSA) is 76.7 Å². The molecule has 0 aromatic heterocycles. The Bertz CT molecular complexity index is 494. The van der Waals surface area contributed by atoms with E-state index in [1.54, 1.807) is 19.2 Å². The lowest BCUT2D eigenvalue weighted by atomic mass is 10.2. The lowest BCUT2D eigenvalue weighted by Crippen LogP contribution is -2.31. The predicted octanol–water partition coefficient (Wildman–Crippen LogP) is 1.37. The Morgan fingerprint density at radius 1 is 1.24 bits per heavy atom. The molecule has 0 saturated heterocycles. The first kappa shape index (κ1) is 17.4. The largest absolute Gasteiger partial charge is 0.383 e. The number of hydrogen-bond acceptors (Lipinski definition) is 4. The second-order valence-electron chi connectivity index (χ2n) is 4.35. The summed E-state index contributed by atoms with van der Waals surface area (Å²) in [6, 6.07) is 5.21. The number of hydrogen-bond donors (Lipinski definition) is 2. The summed E-state index contributed by atoms with van der Waals surface area (Å²) >= 11 is 5.96. The number of aryl methyl sites for hydroxylation is 1. The number of methoxy groups -OCH3 is 1. The Morgan fingerprint density at radius 3 is 2.62 bits per heavy atom. The van der Waals surface area contributed by atoms with Gasteiger partial charge in [0.05, 0.1) is 6.61 Å². The number of carbonyl (C=O) groups is 2. The minimum absolute atomic E-state index is 0.175. The molecule has 1 rings (SSSR count). The highest BCUT2D eigenvalue weighted by Crippen LogP contribution is 2.19. The van der Waals surface area contributed by atoms with Crippen molar-refractivity contribution in [1.29, 1.82) is 0 Å². The molecule has 0 heterocycles. The number of halogens is 1. The second kappa shape index (κ2) is 9.33. The van der Waals surface area contributed by atoms with Gasteiger partial charge in [-0.05, 0) is 24.6 Å². The maximum absolute atomic E-state index is 11.6. The number of ether oxygens (including phenoxy) is 2. The van der Waals surface area contributed by atoms with Crippen molar-refractivity contribution in [3.05, 3.63) is 28.8 Å². The van der Waals surface area contributed by atoms with E-state index in [4.69, 9.17) is 21.1 Å². The van der Waals surface area contributed by atoms with E-state index >= 15 is 0 Å². The van der Waals surface area contributed by atoms with Gasteiger partial charge in [-0.25, -0.2) is 0 Å². The molecule has 0 aliphatic heterocycles. The third-order valence-electron chi connectivity index (χ3n) is 2.55. The minimum Gasteiger partial charge on any atom is -0.383 e. The normalized spacial score (nSPS) is 10.2. The summed E-state index contributed by atoms with van der Waals surface area (Å²) in [6.07, 6.45) is 0. The fourth-order valence-corrected chi connectivity index (χ4v) is 1.63. The van der Waals surface area contributed by atoms with E-state index in [1.165, 1.54) is 0 Å². The average Bonchev–Trinajstić information content (AvgIpc) is 2.43. The molecule has 0 atom stereocenters. The van der Waals surface area contributed by atoms with Gasteiger partial charge in [0.1, 0.15) is 13.2 Å². The first-order chi connectivity index (χ1) is 10.0. The summed E-state index contributed by atoms with van der Waals surface area (Å²) in [5, 5.41) is 5.79. The molecule has 0 aliphatic rings. The van der Waals surface area contributed by atoms with Crippen molar-refractivity contribution >= 4 is 29.1 Å². The summed E-state index contributed by atoms with van der Waals surface area (Å²) in [4.78, 5) is 22.9. The fraction of sp³-hybridized carbons (Fsp3) is 0.429. The molecule has 21 heavy (non-hydrogen) atoms. The van der Waals surface area contributed by atoms with Crippen LogP contribution in [0.15, 0.2) is 18.2 Å². The Labute approximate surface area is 128 Å². The molecule has 1 aromatic carbocycles. The summed E-state index contributed by atoms with van der Waals surface area (Å²) in [6.45, 7) is 2.33. The Morgan fingerprint density at radius 2 is 1.95 bits per heavy atom. The first-order valence-corrected chi connectivity index (χ1v) is 6.80. The molecule has 0 fully saturated rings. The molecule has 0 radical (unpaired) electrons. The minimum atomic E-state index is -0.348. The lowest BCUT2D eigenvalue weighted by molar-refractivity contribution is -0.128. The zero-order chi connectivity index (χ0) is 15.7. The van der Waals surface area contributed by atoms with E-state index in [-0.39, 0.29) is 25.0 Å². The van der Waals surface area contributed by atoms with Crippen LogP contribution >= 0.6 is 11.6 Å². The molecule has 2 N–H and O–H groups in total. The number of nitrogens with one attached hydrogen (secondary N) is 2. The number of rotatable bonds is 8. The standard InChI is InChI=1S/C14H19ClN2O4/c1-10-3-4-11(7-12(10)15)17-14(19)9-21-8-13(18)16-5-6-20-2/h3-4,7H,5-6,8-9H2,1-2H3,(H,16,18)(H,17,19). The van der Waals surface area contributed by atoms with Gasteiger partial charge in [0.15, 0.2) is 0 Å². The highest BCUT2D eigenvalue weighted by molar-refractivity contribution is 6.31. The summed E-state index contributed by atoms with van der Waals surface area (Å²) in [5.41, 5.74) is 1.52. The fourth-order valence-electron chi connectivity index (χ4n) is 1.45. The zero-order valence-electron chi connectivity index (χ0n) is 12.1. The van der Waals surface area contributed by atoms with Gasteiger partial charge in [-0.3, -0.25) is 9.59 Å². The van der Waals surface area contributed by atoms with Crippen molar-refractivity contribution in [3.63, 3.8) is 0 Å². The van der Waals surface area contributed by atoms with Crippen molar-refractivity contribution in [2.75, 3.05) is 38.8 Å². The summed E-state index contributed by atoms with van der Waals surface area (Å²) in [7, 11) is 1.55. The van der Waals surface area contributed by atoms with Crippen molar-refractivity contribution in [2.45, 2.75) is 6.92 Å². The summed E-state index contributed by atoms with van der Waals surface area (Å²) < 4.78 is 9.81. The number of benzene rings is 1. The van der Waals surface area contributed by atoms with Crippen LogP contribution in [0.2, 0.25) is 5.02 Å². The van der Waals surface area contributed by atoms with Gasteiger partial charge in [0.2, 0.25) is 11.8 Å². The number of amides is 2. The Balaban J connectivity index is 2.24. The Hall–Kier alpha value is -1.63. The molecule has 2 amide bonds. The van der Waals surface area contributed by atoms with Crippen LogP contribution in [-0.4, -0.2) is 45.3 Å². The molecular formula is C14H19ClN2O4. The van der Waals surface area contributed by atoms with Crippen molar-refractivity contribution in [1.82, 2.24) is 5.32 Å². The molecule has 0 bridgehead atoms. The van der Waals surface area contributed by atoms with Crippen LogP contribution in [0.1, 0.15) is 5.56 Å². The van der Waals surface area contributed by atoms with Crippen molar-refractivity contribution in [3.8, 4) is 0 Å². The maximum atomic E-state index is 11.6. The van der Waals surface area contributed by atoms with E-state index in [1.807, 2.05) is 13.0 Å². The third kappa shape index (κ3) is 7.08. The van der Waals surface area contributed by atoms with E-state index in [9.17, 15) is 9.59 Å². The average molecular weight is 315 g/mol. The molecule has 6 nitrogen and oxygen atoms in total. The van der Waals surface area contributed by atoms with Crippen LogP contribution in [0.5, 0.6) is 0 Å². The lowest BCUT2D eigenvalue weighted by Gasteiger charge is -2.08. The van der Waals surface area contributed by atoms with E-state index < -0.39 is 0 Å². The third-order valence-corrected chi connectivity index (χ3v) is 2.96. The van der Waals surface area contributed by atoms with E-state index in [0.717, 1.165) is 5.56 Å². The van der Waals surface area contributed by atoms with Crippen LogP contribution in [0, 0.1) is 6.92 Å². The summed E-state index contributed by atoms with van der Waals surface area (Å²) in [5.74, 6) is -0.641. The predicted molar refractivity (Wildman–Crippen MR) is 80.5 cm³/mol. The Kier molecular flexibility index (Phi) is 7.74. The van der Waals surface area contributed by atoms with E-state index in [2.05, 4.69) is 10.6 Å². The second-order valence-corrected chi connectivity index (χ2v) is 4.75. The molecule has 7 heteroatoms. The molecule has 116 valence electrons. The van der Waals surface area contributed by atoms with Crippen molar-refractivity contribution in [2.24, 2.45) is 0 Å². The molecule has 0 aliphatic carbocycles. The maximum Gasteiger partial charge on any atom is 0.250 e. The highest BCUT2D eigenvalue weighted by Gasteiger charge is 2.06. The van der Waals surface area contributed by atoms with Gasteiger partial charge in [0.25, 0.3) is 0 Å². The van der Waals surface area contributed by atoms with Gasteiger partial charge in [-0.2, -0.15) is 0 Å². The highest BCUT2D eigenvalue weighted by atomic mass is 35.5. The van der Waals surface area contributed by atoms with Crippen LogP contribution in [0.25, 0.3) is 0 Å². The monoisotopic (exact) mass is 314 g/mol. The zero-order valence-corrected chi connectivity index (χ0v) is 12.8. The smallest absolute Gasteiger partial charge is 0.250 e.